The van der Waals surface area contributed by atoms with Gasteiger partial charge in [0.25, 0.3) is 11.8 Å². The van der Waals surface area contributed by atoms with E-state index in [-0.39, 0.29) is 23.6 Å². The number of hydrogen-bond acceptors (Lipinski definition) is 4. The van der Waals surface area contributed by atoms with Crippen LogP contribution in [-0.2, 0) is 9.59 Å². The van der Waals surface area contributed by atoms with Crippen molar-refractivity contribution in [2.45, 2.75) is 20.0 Å². The van der Waals surface area contributed by atoms with E-state index in [4.69, 9.17) is 4.74 Å². The normalized spacial score (nSPS) is 14.4. The summed E-state index contributed by atoms with van der Waals surface area (Å²) in [4.78, 5) is 26.3. The Morgan fingerprint density at radius 1 is 1.04 bits per heavy atom. The Labute approximate surface area is 160 Å². The second kappa shape index (κ2) is 7.33. The third kappa shape index (κ3) is 3.65. The Morgan fingerprint density at radius 2 is 1.73 bits per heavy atom. The number of carbonyl (C=O) groups is 2. The highest BCUT2D eigenvalue weighted by Crippen LogP contribution is 2.31. The highest BCUT2D eigenvalue weighted by Gasteiger charge is 2.36. The van der Waals surface area contributed by atoms with Crippen molar-refractivity contribution in [2.24, 2.45) is 0 Å². The number of nitrogens with zero attached hydrogens (tertiary/aromatic N) is 1. The van der Waals surface area contributed by atoms with Gasteiger partial charge >= 0.3 is 0 Å². The van der Waals surface area contributed by atoms with E-state index in [1.165, 1.54) is 7.05 Å². The van der Waals surface area contributed by atoms with E-state index < -0.39 is 0 Å². The Kier molecular flexibility index (Phi) is 5.13. The molecule has 1 aliphatic rings. The van der Waals surface area contributed by atoms with Crippen molar-refractivity contribution in [3.63, 3.8) is 0 Å². The molecule has 3 rings (SSSR count). The fourth-order valence-corrected chi connectivity index (χ4v) is 3.11. The van der Waals surface area contributed by atoms with Crippen molar-refractivity contribution >= 4 is 39.0 Å². The first kappa shape index (κ1) is 18.2. The molecule has 2 aromatic carbocycles. The van der Waals surface area contributed by atoms with E-state index >= 15 is 0 Å². The van der Waals surface area contributed by atoms with Crippen molar-refractivity contribution < 1.29 is 14.3 Å². The molecule has 0 unspecified atom stereocenters. The first-order chi connectivity index (χ1) is 12.4. The van der Waals surface area contributed by atoms with Crippen LogP contribution in [0.15, 0.2) is 58.7 Å². The van der Waals surface area contributed by atoms with Gasteiger partial charge in [-0.15, -0.1) is 0 Å². The van der Waals surface area contributed by atoms with Crippen molar-refractivity contribution in [3.05, 3.63) is 64.3 Å². The van der Waals surface area contributed by atoms with Crippen LogP contribution in [0.4, 0.5) is 5.69 Å². The summed E-state index contributed by atoms with van der Waals surface area (Å²) < 4.78 is 6.52. The van der Waals surface area contributed by atoms with Crippen LogP contribution in [0.3, 0.4) is 0 Å². The Balaban J connectivity index is 2.00. The predicted octanol–water partition coefficient (Wildman–Crippen LogP) is 4.06. The van der Waals surface area contributed by atoms with Gasteiger partial charge in [-0.2, -0.15) is 0 Å². The smallest absolute Gasteiger partial charge is 0.277 e. The van der Waals surface area contributed by atoms with E-state index in [1.807, 2.05) is 38.1 Å². The first-order valence-corrected chi connectivity index (χ1v) is 9.02. The number of imide groups is 1. The molecule has 1 heterocycles. The molecule has 0 radical (unpaired) electrons. The van der Waals surface area contributed by atoms with Crippen LogP contribution in [0, 0.1) is 0 Å². The predicted molar refractivity (Wildman–Crippen MR) is 105 cm³/mol. The number of anilines is 1. The lowest BCUT2D eigenvalue weighted by molar-refractivity contribution is -0.135. The monoisotopic (exact) mass is 414 g/mol. The van der Waals surface area contributed by atoms with Gasteiger partial charge in [0.15, 0.2) is 0 Å². The van der Waals surface area contributed by atoms with E-state index in [0.29, 0.717) is 11.1 Å². The summed E-state index contributed by atoms with van der Waals surface area (Å²) in [6.45, 7) is 3.90. The summed E-state index contributed by atoms with van der Waals surface area (Å²) in [5, 5.41) is 3.09. The topological polar surface area (TPSA) is 58.6 Å². The lowest BCUT2D eigenvalue weighted by Crippen LogP contribution is -2.27. The van der Waals surface area contributed by atoms with Gasteiger partial charge in [0.1, 0.15) is 11.4 Å². The van der Waals surface area contributed by atoms with E-state index in [0.717, 1.165) is 20.8 Å². The lowest BCUT2D eigenvalue weighted by Gasteiger charge is -2.11. The van der Waals surface area contributed by atoms with Crippen LogP contribution >= 0.6 is 15.9 Å². The average molecular weight is 415 g/mol. The van der Waals surface area contributed by atoms with E-state index in [9.17, 15) is 9.59 Å². The van der Waals surface area contributed by atoms with Gasteiger partial charge in [0.2, 0.25) is 0 Å². The molecular formula is C20H19BrN2O3. The maximum Gasteiger partial charge on any atom is 0.277 e. The molecule has 6 heteroatoms. The molecule has 0 atom stereocenters. The quantitative estimate of drug-likeness (QED) is 0.749. The number of amides is 2. The molecule has 1 aliphatic heterocycles. The molecule has 2 amide bonds. The number of carbonyl (C=O) groups excluding carboxylic acids is 2. The fraction of sp³-hybridized carbons (Fsp3) is 0.200. The number of hydrogen-bond donors (Lipinski definition) is 1. The summed E-state index contributed by atoms with van der Waals surface area (Å²) in [6, 6.07) is 14.6. The summed E-state index contributed by atoms with van der Waals surface area (Å²) in [5.41, 5.74) is 2.02. The van der Waals surface area contributed by atoms with Gasteiger partial charge in [0.05, 0.1) is 11.7 Å². The fourth-order valence-electron chi connectivity index (χ4n) is 2.71. The van der Waals surface area contributed by atoms with Crippen LogP contribution in [0.25, 0.3) is 5.57 Å². The molecule has 26 heavy (non-hydrogen) atoms. The molecule has 2 aromatic rings. The highest BCUT2D eigenvalue weighted by molar-refractivity contribution is 9.10. The third-order valence-corrected chi connectivity index (χ3v) is 4.39. The van der Waals surface area contributed by atoms with E-state index in [2.05, 4.69) is 21.2 Å². The van der Waals surface area contributed by atoms with Gasteiger partial charge in [-0.1, -0.05) is 34.1 Å². The SMILES string of the molecule is CC(C)Oc1ccc(C2=C(Nc3cccc(Br)c3)C(=O)N(C)C2=O)cc1. The average Bonchev–Trinajstić information content (AvgIpc) is 2.80. The molecule has 0 fully saturated rings. The lowest BCUT2D eigenvalue weighted by atomic mass is 10.0. The standard InChI is InChI=1S/C20H19BrN2O3/c1-12(2)26-16-9-7-13(8-10-16)17-18(20(25)23(3)19(17)24)22-15-6-4-5-14(21)11-15/h4-12,22H,1-3H3. The molecule has 134 valence electrons. The van der Waals surface area contributed by atoms with Crippen molar-refractivity contribution in [1.82, 2.24) is 4.90 Å². The maximum absolute atomic E-state index is 12.6. The molecule has 5 nitrogen and oxygen atoms in total. The Morgan fingerprint density at radius 3 is 2.35 bits per heavy atom. The zero-order valence-electron chi connectivity index (χ0n) is 14.7. The van der Waals surface area contributed by atoms with Gasteiger partial charge in [-0.3, -0.25) is 14.5 Å². The third-order valence-electron chi connectivity index (χ3n) is 3.90. The van der Waals surface area contributed by atoms with Crippen LogP contribution in [0.2, 0.25) is 0 Å². The van der Waals surface area contributed by atoms with Crippen LogP contribution in [0.1, 0.15) is 19.4 Å². The van der Waals surface area contributed by atoms with Crippen molar-refractivity contribution in [1.29, 1.82) is 0 Å². The largest absolute Gasteiger partial charge is 0.491 e. The Hall–Kier alpha value is -2.60. The summed E-state index contributed by atoms with van der Waals surface area (Å²) in [5.74, 6) is 0.0356. The van der Waals surface area contributed by atoms with Crippen LogP contribution in [-0.4, -0.2) is 29.9 Å². The highest BCUT2D eigenvalue weighted by atomic mass is 79.9. The number of nitrogens with one attached hydrogen (secondary N) is 1. The minimum absolute atomic E-state index is 0.0645. The molecule has 0 aromatic heterocycles. The van der Waals surface area contributed by atoms with Crippen LogP contribution in [0.5, 0.6) is 5.75 Å². The number of halogens is 1. The van der Waals surface area contributed by atoms with Crippen LogP contribution < -0.4 is 10.1 Å². The van der Waals surface area contributed by atoms with Gasteiger partial charge in [-0.25, -0.2) is 0 Å². The zero-order valence-corrected chi connectivity index (χ0v) is 16.3. The first-order valence-electron chi connectivity index (χ1n) is 8.23. The minimum Gasteiger partial charge on any atom is -0.491 e. The Bertz CT molecular complexity index is 888. The van der Waals surface area contributed by atoms with Crippen molar-refractivity contribution in [2.75, 3.05) is 12.4 Å². The van der Waals surface area contributed by atoms with Gasteiger partial charge < -0.3 is 10.1 Å². The molecule has 0 saturated heterocycles. The number of ether oxygens (including phenoxy) is 1. The van der Waals surface area contributed by atoms with Gasteiger partial charge in [-0.05, 0) is 49.7 Å². The second-order valence-electron chi connectivity index (χ2n) is 6.25. The molecule has 0 saturated carbocycles. The summed E-state index contributed by atoms with van der Waals surface area (Å²) in [7, 11) is 1.48. The molecule has 0 aliphatic carbocycles. The van der Waals surface area contributed by atoms with Gasteiger partial charge in [0, 0.05) is 17.2 Å². The summed E-state index contributed by atoms with van der Waals surface area (Å²) >= 11 is 3.41. The minimum atomic E-state index is -0.354. The molecular weight excluding hydrogens is 396 g/mol. The molecule has 1 N–H and O–H groups in total. The maximum atomic E-state index is 12.6. The zero-order chi connectivity index (χ0) is 18.8. The number of rotatable bonds is 5. The number of likely N-dealkylation sites (N-methyl/N-ethyl adjacent to an activating group) is 1. The molecule has 0 spiro atoms. The second-order valence-corrected chi connectivity index (χ2v) is 7.16. The summed E-state index contributed by atoms with van der Waals surface area (Å²) in [6.07, 6.45) is 0.0645. The van der Waals surface area contributed by atoms with E-state index in [1.54, 1.807) is 24.3 Å². The number of benzene rings is 2. The molecule has 0 bridgehead atoms. The van der Waals surface area contributed by atoms with Crippen molar-refractivity contribution in [3.8, 4) is 5.75 Å².